The van der Waals surface area contributed by atoms with Crippen LogP contribution in [0.5, 0.6) is 0 Å². The zero-order valence-corrected chi connectivity index (χ0v) is 20.0. The third-order valence-corrected chi connectivity index (χ3v) is 7.28. The number of allylic oxidation sites excluding steroid dienone is 1. The molecule has 0 amide bonds. The predicted molar refractivity (Wildman–Crippen MR) is 139 cm³/mol. The van der Waals surface area contributed by atoms with Crippen molar-refractivity contribution < 1.29 is 8.83 Å². The second-order valence-electron chi connectivity index (χ2n) is 10.9. The molecule has 33 heavy (non-hydrogen) atoms. The van der Waals surface area contributed by atoms with Crippen LogP contribution in [0.15, 0.2) is 69.5 Å². The molecule has 0 fully saturated rings. The second kappa shape index (κ2) is 7.12. The highest BCUT2D eigenvalue weighted by Crippen LogP contribution is 2.47. The molecule has 5 aromatic rings. The lowest BCUT2D eigenvalue weighted by Crippen LogP contribution is -2.19. The number of hydrogen-bond donors (Lipinski definition) is 0. The Hall–Kier alpha value is -3.26. The minimum atomic E-state index is 0.176. The van der Waals surface area contributed by atoms with Crippen LogP contribution in [0.4, 0.5) is 0 Å². The highest BCUT2D eigenvalue weighted by atomic mass is 16.3. The summed E-state index contributed by atoms with van der Waals surface area (Å²) in [4.78, 5) is 0. The summed E-state index contributed by atoms with van der Waals surface area (Å²) >= 11 is 0. The van der Waals surface area contributed by atoms with Crippen molar-refractivity contribution in [3.63, 3.8) is 0 Å². The predicted octanol–water partition coefficient (Wildman–Crippen LogP) is 9.67. The molecule has 1 atom stereocenters. The van der Waals surface area contributed by atoms with Gasteiger partial charge in [-0.25, -0.2) is 0 Å². The van der Waals surface area contributed by atoms with Gasteiger partial charge in [-0.2, -0.15) is 0 Å². The van der Waals surface area contributed by atoms with Crippen molar-refractivity contribution in [1.29, 1.82) is 0 Å². The molecule has 0 N–H and O–H groups in total. The van der Waals surface area contributed by atoms with Crippen molar-refractivity contribution in [3.05, 3.63) is 77.6 Å². The Kier molecular flexibility index (Phi) is 4.39. The van der Waals surface area contributed by atoms with E-state index in [2.05, 4.69) is 101 Å². The van der Waals surface area contributed by atoms with Crippen molar-refractivity contribution in [2.45, 2.75) is 52.9 Å². The first-order valence-electron chi connectivity index (χ1n) is 12.0. The van der Waals surface area contributed by atoms with Gasteiger partial charge in [-0.05, 0) is 82.8 Å². The molecule has 2 nitrogen and oxygen atoms in total. The van der Waals surface area contributed by atoms with Gasteiger partial charge in [0.25, 0.3) is 0 Å². The number of rotatable bonds is 2. The fraction of sp³-hybridized carbons (Fsp3) is 0.290. The largest absolute Gasteiger partial charge is 0.456 e. The van der Waals surface area contributed by atoms with Crippen LogP contribution in [-0.2, 0) is 0 Å². The maximum absolute atomic E-state index is 6.26. The van der Waals surface area contributed by atoms with Crippen molar-refractivity contribution in [2.75, 3.05) is 0 Å². The van der Waals surface area contributed by atoms with Crippen molar-refractivity contribution in [3.8, 4) is 11.1 Å². The van der Waals surface area contributed by atoms with E-state index in [0.29, 0.717) is 11.8 Å². The molecular formula is C31H30O2. The van der Waals surface area contributed by atoms with Crippen molar-refractivity contribution in [1.82, 2.24) is 0 Å². The molecule has 1 aliphatic carbocycles. The van der Waals surface area contributed by atoms with Crippen LogP contribution < -0.4 is 0 Å². The summed E-state index contributed by atoms with van der Waals surface area (Å²) in [6, 6.07) is 19.7. The molecule has 0 bridgehead atoms. The standard InChI is InChI=1S/C31H30O2/c1-18(2)19-9-12-26-22(15-19)23-16-20(10-13-27(23)32-26)21-11-14-28-24(17-21)30-25(31(3,4)5)7-6-8-29(30)33-28/h6,8-18,25H,7H2,1-5H3. The lowest BCUT2D eigenvalue weighted by atomic mass is 9.72. The van der Waals surface area contributed by atoms with E-state index in [4.69, 9.17) is 8.83 Å². The Morgan fingerprint density at radius 2 is 1.36 bits per heavy atom. The lowest BCUT2D eigenvalue weighted by molar-refractivity contribution is 0.318. The molecule has 2 heterocycles. The van der Waals surface area contributed by atoms with Crippen LogP contribution in [0.25, 0.3) is 50.1 Å². The van der Waals surface area contributed by atoms with Gasteiger partial charge in [0.1, 0.15) is 22.5 Å². The van der Waals surface area contributed by atoms with Gasteiger partial charge in [0.05, 0.1) is 0 Å². The van der Waals surface area contributed by atoms with Gasteiger partial charge in [0.15, 0.2) is 0 Å². The molecule has 0 saturated carbocycles. The third-order valence-electron chi connectivity index (χ3n) is 7.28. The van der Waals surface area contributed by atoms with Crippen LogP contribution >= 0.6 is 0 Å². The number of benzene rings is 3. The average Bonchev–Trinajstić information content (AvgIpc) is 3.34. The van der Waals surface area contributed by atoms with Gasteiger partial charge < -0.3 is 8.83 Å². The zero-order valence-electron chi connectivity index (χ0n) is 20.0. The van der Waals surface area contributed by atoms with E-state index in [1.165, 1.54) is 38.4 Å². The van der Waals surface area contributed by atoms with Gasteiger partial charge >= 0.3 is 0 Å². The molecule has 0 saturated heterocycles. The Morgan fingerprint density at radius 1 is 0.758 bits per heavy atom. The van der Waals surface area contributed by atoms with Crippen LogP contribution in [0.3, 0.4) is 0 Å². The Bertz CT molecular complexity index is 1550. The van der Waals surface area contributed by atoms with Gasteiger partial charge in [-0.15, -0.1) is 0 Å². The minimum absolute atomic E-state index is 0.176. The first kappa shape index (κ1) is 20.4. The van der Waals surface area contributed by atoms with Crippen molar-refractivity contribution >= 4 is 39.0 Å². The summed E-state index contributed by atoms with van der Waals surface area (Å²) in [5, 5.41) is 3.61. The minimum Gasteiger partial charge on any atom is -0.456 e. The fourth-order valence-corrected chi connectivity index (χ4v) is 5.35. The molecule has 2 aromatic heterocycles. The molecule has 1 unspecified atom stereocenters. The Balaban J connectivity index is 1.53. The zero-order chi connectivity index (χ0) is 22.9. The van der Waals surface area contributed by atoms with Crippen LogP contribution in [0.1, 0.15) is 69.8 Å². The van der Waals surface area contributed by atoms with Gasteiger partial charge in [-0.1, -0.05) is 58.9 Å². The first-order chi connectivity index (χ1) is 15.8. The quantitative estimate of drug-likeness (QED) is 0.276. The lowest BCUT2D eigenvalue weighted by Gasteiger charge is -2.31. The second-order valence-corrected chi connectivity index (χ2v) is 10.9. The fourth-order valence-electron chi connectivity index (χ4n) is 5.35. The van der Waals surface area contributed by atoms with E-state index in [9.17, 15) is 0 Å². The molecule has 3 aromatic carbocycles. The Morgan fingerprint density at radius 3 is 2.03 bits per heavy atom. The molecular weight excluding hydrogens is 404 g/mol. The monoisotopic (exact) mass is 434 g/mol. The van der Waals surface area contributed by atoms with E-state index < -0.39 is 0 Å². The van der Waals surface area contributed by atoms with E-state index in [-0.39, 0.29) is 5.41 Å². The van der Waals surface area contributed by atoms with Crippen molar-refractivity contribution in [2.24, 2.45) is 5.41 Å². The summed E-state index contributed by atoms with van der Waals surface area (Å²) in [6.45, 7) is 11.4. The smallest absolute Gasteiger partial charge is 0.135 e. The maximum atomic E-state index is 6.26. The molecule has 0 aliphatic heterocycles. The average molecular weight is 435 g/mol. The normalized spacial score (nSPS) is 16.4. The highest BCUT2D eigenvalue weighted by molar-refractivity contribution is 6.06. The number of furan rings is 2. The van der Waals surface area contributed by atoms with Gasteiger partial charge in [0, 0.05) is 21.7 Å². The molecule has 166 valence electrons. The summed E-state index contributed by atoms with van der Waals surface area (Å²) in [7, 11) is 0. The number of fused-ring (bicyclic) bond motifs is 6. The maximum Gasteiger partial charge on any atom is 0.135 e. The molecule has 6 rings (SSSR count). The molecule has 0 radical (unpaired) electrons. The van der Waals surface area contributed by atoms with E-state index in [1.54, 1.807) is 0 Å². The van der Waals surface area contributed by atoms with Crippen LogP contribution in [0.2, 0.25) is 0 Å². The molecule has 2 heteroatoms. The van der Waals surface area contributed by atoms with Crippen LogP contribution in [-0.4, -0.2) is 0 Å². The summed E-state index contributed by atoms with van der Waals surface area (Å²) in [6.07, 6.45) is 5.46. The first-order valence-corrected chi connectivity index (χ1v) is 12.0. The highest BCUT2D eigenvalue weighted by Gasteiger charge is 2.32. The van der Waals surface area contributed by atoms with Gasteiger partial charge in [0.2, 0.25) is 0 Å². The van der Waals surface area contributed by atoms with E-state index in [0.717, 1.165) is 28.9 Å². The number of hydrogen-bond acceptors (Lipinski definition) is 2. The summed E-state index contributed by atoms with van der Waals surface area (Å²) in [5.74, 6) is 1.96. The summed E-state index contributed by atoms with van der Waals surface area (Å²) in [5.41, 5.74) is 8.15. The molecule has 0 spiro atoms. The molecule has 1 aliphatic rings. The van der Waals surface area contributed by atoms with Gasteiger partial charge in [-0.3, -0.25) is 0 Å². The Labute approximate surface area is 194 Å². The van der Waals surface area contributed by atoms with E-state index in [1.807, 2.05) is 0 Å². The SMILES string of the molecule is CC(C)c1ccc2oc3ccc(-c4ccc5oc6c(c5c4)C(C(C)(C)C)CC=C6)cc3c2c1. The van der Waals surface area contributed by atoms with Crippen LogP contribution in [0, 0.1) is 5.41 Å². The summed E-state index contributed by atoms with van der Waals surface area (Å²) < 4.78 is 12.4. The third kappa shape index (κ3) is 3.23. The topological polar surface area (TPSA) is 26.3 Å². The van der Waals surface area contributed by atoms with E-state index >= 15 is 0 Å².